The largest absolute Gasteiger partial charge is 0.466 e. The molecule has 0 aliphatic carbocycles. The number of hydrogen-bond acceptors (Lipinski definition) is 4. The third-order valence-corrected chi connectivity index (χ3v) is 3.85. The van der Waals surface area contributed by atoms with Crippen LogP contribution in [0.4, 0.5) is 4.39 Å². The maximum Gasteiger partial charge on any atom is 0.193 e. The van der Waals surface area contributed by atoms with Gasteiger partial charge in [-0.1, -0.05) is 11.6 Å². The van der Waals surface area contributed by atoms with Gasteiger partial charge in [0.05, 0.1) is 17.6 Å². The van der Waals surface area contributed by atoms with Crippen LogP contribution < -0.4 is 10.2 Å². The molecule has 23 heavy (non-hydrogen) atoms. The molecule has 0 atom stereocenters. The molecular weight excluding hydrogens is 323 g/mol. The average Bonchev–Trinajstić information content (AvgIpc) is 2.54. The van der Waals surface area contributed by atoms with Crippen LogP contribution in [0, 0.1) is 5.82 Å². The molecule has 4 rings (SSSR count). The highest BCUT2D eigenvalue weighted by Crippen LogP contribution is 2.38. The number of benzene rings is 2. The van der Waals surface area contributed by atoms with Crippen LogP contribution in [-0.2, 0) is 11.3 Å². The lowest BCUT2D eigenvalue weighted by atomic mass is 10.1. The molecule has 0 saturated carbocycles. The van der Waals surface area contributed by atoms with E-state index in [4.69, 9.17) is 25.5 Å². The Hall–Kier alpha value is -2.37. The Balaban J connectivity index is 1.98. The summed E-state index contributed by atoms with van der Waals surface area (Å²) < 4.78 is 29.8. The predicted molar refractivity (Wildman–Crippen MR) is 83.2 cm³/mol. The molecule has 0 saturated heterocycles. The second kappa shape index (κ2) is 5.37. The molecule has 3 aromatic rings. The highest BCUT2D eigenvalue weighted by molar-refractivity contribution is 6.31. The van der Waals surface area contributed by atoms with E-state index in [-0.39, 0.29) is 17.6 Å². The Bertz CT molecular complexity index is 980. The SMILES string of the molecule is O=c1cc(-c2cc(Cl)cc3c2OCOC3)oc2ccc(F)cc12. The summed E-state index contributed by atoms with van der Waals surface area (Å²) in [5, 5.41) is 0.670. The Morgan fingerprint density at radius 2 is 2.00 bits per heavy atom. The summed E-state index contributed by atoms with van der Waals surface area (Å²) in [6.07, 6.45) is 0. The minimum atomic E-state index is -0.488. The van der Waals surface area contributed by atoms with E-state index in [1.54, 1.807) is 12.1 Å². The number of rotatable bonds is 1. The smallest absolute Gasteiger partial charge is 0.193 e. The van der Waals surface area contributed by atoms with Crippen LogP contribution in [0.15, 0.2) is 45.6 Å². The summed E-state index contributed by atoms with van der Waals surface area (Å²) in [5.41, 5.74) is 1.32. The summed E-state index contributed by atoms with van der Waals surface area (Å²) in [6.45, 7) is 0.483. The zero-order chi connectivity index (χ0) is 16.0. The first-order valence-corrected chi connectivity index (χ1v) is 7.26. The van der Waals surface area contributed by atoms with Crippen molar-refractivity contribution in [1.29, 1.82) is 0 Å². The number of fused-ring (bicyclic) bond motifs is 2. The van der Waals surface area contributed by atoms with Crippen molar-refractivity contribution in [3.63, 3.8) is 0 Å². The lowest BCUT2D eigenvalue weighted by molar-refractivity contribution is -0.0159. The van der Waals surface area contributed by atoms with Crippen LogP contribution >= 0.6 is 11.6 Å². The summed E-state index contributed by atoms with van der Waals surface area (Å²) >= 11 is 6.13. The van der Waals surface area contributed by atoms with Gasteiger partial charge in [0, 0.05) is 16.7 Å². The first-order valence-electron chi connectivity index (χ1n) is 6.88. The molecule has 4 nitrogen and oxygen atoms in total. The Labute approximate surface area is 135 Å². The fourth-order valence-corrected chi connectivity index (χ4v) is 2.87. The van der Waals surface area contributed by atoms with Crippen molar-refractivity contribution in [2.75, 3.05) is 6.79 Å². The second-order valence-corrected chi connectivity index (χ2v) is 5.60. The Morgan fingerprint density at radius 1 is 1.13 bits per heavy atom. The van der Waals surface area contributed by atoms with Gasteiger partial charge in [0.1, 0.15) is 22.9 Å². The average molecular weight is 333 g/mol. The van der Waals surface area contributed by atoms with E-state index in [0.717, 1.165) is 11.6 Å². The fourth-order valence-electron chi connectivity index (χ4n) is 2.62. The standard InChI is InChI=1S/C17H10ClFO4/c18-10-3-9-7-21-8-22-17(9)13(4-10)16-6-14(20)12-5-11(19)1-2-15(12)23-16/h1-6H,7-8H2. The van der Waals surface area contributed by atoms with Crippen LogP contribution in [0.3, 0.4) is 0 Å². The lowest BCUT2D eigenvalue weighted by Gasteiger charge is -2.20. The summed E-state index contributed by atoms with van der Waals surface area (Å²) in [4.78, 5) is 12.3. The van der Waals surface area contributed by atoms with Gasteiger partial charge in [0.25, 0.3) is 0 Å². The van der Waals surface area contributed by atoms with E-state index in [1.165, 1.54) is 18.2 Å². The molecule has 0 amide bonds. The Morgan fingerprint density at radius 3 is 2.87 bits per heavy atom. The van der Waals surface area contributed by atoms with Gasteiger partial charge in [-0.05, 0) is 30.3 Å². The van der Waals surface area contributed by atoms with Crippen molar-refractivity contribution in [3.8, 4) is 17.1 Å². The predicted octanol–water partition coefficient (Wildman–Crippen LogP) is 4.12. The molecule has 0 spiro atoms. The third-order valence-electron chi connectivity index (χ3n) is 3.63. The highest BCUT2D eigenvalue weighted by atomic mass is 35.5. The van der Waals surface area contributed by atoms with Crippen molar-refractivity contribution < 1.29 is 18.3 Å². The number of hydrogen-bond donors (Lipinski definition) is 0. The van der Waals surface area contributed by atoms with Crippen LogP contribution in [0.5, 0.6) is 5.75 Å². The topological polar surface area (TPSA) is 48.7 Å². The quantitative estimate of drug-likeness (QED) is 0.672. The monoisotopic (exact) mass is 332 g/mol. The zero-order valence-corrected chi connectivity index (χ0v) is 12.5. The van der Waals surface area contributed by atoms with E-state index in [1.807, 2.05) is 0 Å². The molecule has 0 unspecified atom stereocenters. The van der Waals surface area contributed by atoms with Crippen LogP contribution in [0.1, 0.15) is 5.56 Å². The molecule has 6 heteroatoms. The van der Waals surface area contributed by atoms with Crippen molar-refractivity contribution in [2.45, 2.75) is 6.61 Å². The molecule has 1 aliphatic heterocycles. The maximum atomic E-state index is 13.3. The number of ether oxygens (including phenoxy) is 2. The molecule has 116 valence electrons. The summed E-state index contributed by atoms with van der Waals surface area (Å²) in [7, 11) is 0. The summed E-state index contributed by atoms with van der Waals surface area (Å²) in [5.74, 6) is 0.401. The van der Waals surface area contributed by atoms with Gasteiger partial charge < -0.3 is 13.9 Å². The first-order chi connectivity index (χ1) is 11.1. The van der Waals surface area contributed by atoms with Crippen LogP contribution in [0.25, 0.3) is 22.3 Å². The van der Waals surface area contributed by atoms with Crippen molar-refractivity contribution >= 4 is 22.6 Å². The first kappa shape index (κ1) is 14.2. The molecule has 1 aromatic heterocycles. The molecule has 0 N–H and O–H groups in total. The molecule has 0 fully saturated rings. The molecule has 0 radical (unpaired) electrons. The minimum Gasteiger partial charge on any atom is -0.466 e. The van der Waals surface area contributed by atoms with Crippen molar-refractivity contribution in [1.82, 2.24) is 0 Å². The van der Waals surface area contributed by atoms with E-state index in [9.17, 15) is 9.18 Å². The van der Waals surface area contributed by atoms with Gasteiger partial charge in [-0.2, -0.15) is 0 Å². The minimum absolute atomic E-state index is 0.116. The van der Waals surface area contributed by atoms with Crippen molar-refractivity contribution in [2.24, 2.45) is 0 Å². The van der Waals surface area contributed by atoms with Crippen LogP contribution in [-0.4, -0.2) is 6.79 Å². The third kappa shape index (κ3) is 2.48. The molecule has 2 heterocycles. The van der Waals surface area contributed by atoms with Gasteiger partial charge >= 0.3 is 0 Å². The van der Waals surface area contributed by atoms with Gasteiger partial charge in [-0.3, -0.25) is 4.79 Å². The normalized spacial score (nSPS) is 13.7. The highest BCUT2D eigenvalue weighted by Gasteiger charge is 2.20. The fraction of sp³-hybridized carbons (Fsp3) is 0.118. The number of halogens is 2. The van der Waals surface area contributed by atoms with E-state index >= 15 is 0 Å². The van der Waals surface area contributed by atoms with E-state index in [0.29, 0.717) is 34.3 Å². The molecule has 2 aromatic carbocycles. The molecule has 1 aliphatic rings. The van der Waals surface area contributed by atoms with Gasteiger partial charge in [0.2, 0.25) is 0 Å². The van der Waals surface area contributed by atoms with Gasteiger partial charge in [-0.15, -0.1) is 0 Å². The molecule has 0 bridgehead atoms. The van der Waals surface area contributed by atoms with Gasteiger partial charge in [0.15, 0.2) is 12.2 Å². The van der Waals surface area contributed by atoms with Gasteiger partial charge in [-0.25, -0.2) is 4.39 Å². The zero-order valence-electron chi connectivity index (χ0n) is 11.8. The van der Waals surface area contributed by atoms with E-state index < -0.39 is 5.82 Å². The second-order valence-electron chi connectivity index (χ2n) is 5.17. The lowest BCUT2D eigenvalue weighted by Crippen LogP contribution is -2.12. The molecular formula is C17H10ClFO4. The van der Waals surface area contributed by atoms with Crippen molar-refractivity contribution in [3.05, 3.63) is 63.0 Å². The van der Waals surface area contributed by atoms with Crippen LogP contribution in [0.2, 0.25) is 5.02 Å². The van der Waals surface area contributed by atoms with E-state index in [2.05, 4.69) is 0 Å². The Kier molecular flexibility index (Phi) is 3.32. The maximum absolute atomic E-state index is 13.3. The summed E-state index contributed by atoms with van der Waals surface area (Å²) in [6, 6.07) is 8.55.